The predicted octanol–water partition coefficient (Wildman–Crippen LogP) is 4.30. The Morgan fingerprint density at radius 1 is 1.39 bits per heavy atom. The molecule has 1 rings (SSSR count). The molecule has 2 N–H and O–H groups in total. The van der Waals surface area contributed by atoms with E-state index in [2.05, 4.69) is 51.2 Å². The first-order valence-electron chi connectivity index (χ1n) is 7.44. The molecule has 1 aliphatic rings. The fraction of sp³-hybridized carbons (Fsp3) is 0.625. The van der Waals surface area contributed by atoms with Crippen LogP contribution in [-0.4, -0.2) is 24.5 Å². The van der Waals surface area contributed by atoms with Crippen LogP contribution in [-0.2, 0) is 0 Å². The second kappa shape index (κ2) is 7.92. The molecule has 0 bridgehead atoms. The molecule has 1 saturated heterocycles. The van der Waals surface area contributed by atoms with Crippen molar-refractivity contribution < 1.29 is 0 Å². The standard InChI is InChI=1S/C16H30NP/c1-4-10-15(11-5-2)18(6-3)14-16(18)12-8-7-9-13-17/h4,7-8,10,12,15,18H,5-6,9,11,13-14,17H2,1-3H3/b8-7+,10-4+,16-12+. The Kier molecular flexibility index (Phi) is 6.89. The zero-order chi connectivity index (χ0) is 13.4. The van der Waals surface area contributed by atoms with Gasteiger partial charge in [-0.2, -0.15) is 0 Å². The van der Waals surface area contributed by atoms with Crippen molar-refractivity contribution >= 4 is 7.26 Å². The summed E-state index contributed by atoms with van der Waals surface area (Å²) in [5, 5.41) is 1.77. The molecular formula is C16H30NP. The summed E-state index contributed by atoms with van der Waals surface area (Å²) in [6.07, 6.45) is 18.0. The van der Waals surface area contributed by atoms with E-state index in [4.69, 9.17) is 5.73 Å². The number of rotatable bonds is 8. The minimum absolute atomic E-state index is 0.757. The molecule has 18 heavy (non-hydrogen) atoms. The number of hydrogen-bond donors (Lipinski definition) is 1. The first-order chi connectivity index (χ1) is 8.75. The summed E-state index contributed by atoms with van der Waals surface area (Å²) in [6, 6.07) is 0. The Balaban J connectivity index is 2.71. The normalized spacial score (nSPS) is 23.9. The third kappa shape index (κ3) is 3.80. The van der Waals surface area contributed by atoms with Gasteiger partial charge in [0.25, 0.3) is 0 Å². The molecule has 1 aliphatic heterocycles. The van der Waals surface area contributed by atoms with Crippen LogP contribution >= 0.6 is 7.26 Å². The average molecular weight is 267 g/mol. The van der Waals surface area contributed by atoms with Gasteiger partial charge in [0.2, 0.25) is 0 Å². The van der Waals surface area contributed by atoms with Crippen molar-refractivity contribution in [2.24, 2.45) is 5.73 Å². The monoisotopic (exact) mass is 267 g/mol. The van der Waals surface area contributed by atoms with Gasteiger partial charge in [-0.05, 0) is 0 Å². The van der Waals surface area contributed by atoms with Crippen LogP contribution in [0.25, 0.3) is 0 Å². The molecule has 0 radical (unpaired) electrons. The Labute approximate surface area is 114 Å². The van der Waals surface area contributed by atoms with E-state index in [0.29, 0.717) is 0 Å². The maximum absolute atomic E-state index is 5.50. The van der Waals surface area contributed by atoms with Crippen LogP contribution in [0.1, 0.15) is 40.0 Å². The summed E-state index contributed by atoms with van der Waals surface area (Å²) in [5.41, 5.74) is 6.36. The molecule has 0 aromatic carbocycles. The summed E-state index contributed by atoms with van der Waals surface area (Å²) >= 11 is 0. The summed E-state index contributed by atoms with van der Waals surface area (Å²) in [5.74, 6) is 0. The van der Waals surface area contributed by atoms with Gasteiger partial charge in [-0.1, -0.05) is 0 Å². The van der Waals surface area contributed by atoms with Gasteiger partial charge in [-0.25, -0.2) is 0 Å². The van der Waals surface area contributed by atoms with Gasteiger partial charge < -0.3 is 0 Å². The third-order valence-corrected chi connectivity index (χ3v) is 9.52. The zero-order valence-corrected chi connectivity index (χ0v) is 13.3. The Morgan fingerprint density at radius 2 is 2.17 bits per heavy atom. The molecule has 0 spiro atoms. The van der Waals surface area contributed by atoms with Gasteiger partial charge in [-0.3, -0.25) is 0 Å². The molecule has 2 heteroatoms. The van der Waals surface area contributed by atoms with Gasteiger partial charge in [-0.15, -0.1) is 0 Å². The van der Waals surface area contributed by atoms with E-state index >= 15 is 0 Å². The van der Waals surface area contributed by atoms with Gasteiger partial charge >= 0.3 is 113 Å². The van der Waals surface area contributed by atoms with E-state index in [9.17, 15) is 0 Å². The van der Waals surface area contributed by atoms with Gasteiger partial charge in [0, 0.05) is 0 Å². The van der Waals surface area contributed by atoms with E-state index < -0.39 is 7.26 Å². The molecule has 0 amide bonds. The molecule has 0 aromatic heterocycles. The molecule has 104 valence electrons. The van der Waals surface area contributed by atoms with Gasteiger partial charge in [0.1, 0.15) is 0 Å². The van der Waals surface area contributed by atoms with Crippen LogP contribution in [0.4, 0.5) is 0 Å². The predicted molar refractivity (Wildman–Crippen MR) is 88.1 cm³/mol. The summed E-state index contributed by atoms with van der Waals surface area (Å²) in [6.45, 7) is 7.62. The SMILES string of the molecule is C/C=C/C(CCC)[PH]1(CC)C/C1=C\C=C\CCN. The topological polar surface area (TPSA) is 26.0 Å². The van der Waals surface area contributed by atoms with Crippen LogP contribution in [0.5, 0.6) is 0 Å². The molecule has 1 nitrogen and oxygen atoms in total. The molecule has 0 aromatic rings. The fourth-order valence-electron chi connectivity index (χ4n) is 2.98. The van der Waals surface area contributed by atoms with Crippen molar-refractivity contribution in [1.82, 2.24) is 0 Å². The van der Waals surface area contributed by atoms with E-state index in [1.807, 2.05) is 0 Å². The molecule has 1 unspecified atom stereocenters. The van der Waals surface area contributed by atoms with E-state index in [0.717, 1.165) is 18.6 Å². The summed E-state index contributed by atoms with van der Waals surface area (Å²) < 4.78 is 0. The maximum atomic E-state index is 5.50. The van der Waals surface area contributed by atoms with Crippen LogP contribution < -0.4 is 5.73 Å². The second-order valence-corrected chi connectivity index (χ2v) is 10.1. The fourth-order valence-corrected chi connectivity index (χ4v) is 8.17. The average Bonchev–Trinajstić information content (AvgIpc) is 3.09. The Hall–Kier alpha value is -0.390. The molecule has 0 saturated carbocycles. The van der Waals surface area contributed by atoms with Crippen molar-refractivity contribution in [1.29, 1.82) is 0 Å². The first kappa shape index (κ1) is 15.7. The molecule has 0 aliphatic carbocycles. The van der Waals surface area contributed by atoms with E-state index in [1.54, 1.807) is 5.31 Å². The van der Waals surface area contributed by atoms with Crippen molar-refractivity contribution in [3.63, 3.8) is 0 Å². The molecule has 1 atom stereocenters. The van der Waals surface area contributed by atoms with Crippen LogP contribution in [0.3, 0.4) is 0 Å². The first-order valence-corrected chi connectivity index (χ1v) is 9.93. The van der Waals surface area contributed by atoms with Crippen LogP contribution in [0, 0.1) is 0 Å². The third-order valence-electron chi connectivity index (χ3n) is 4.15. The van der Waals surface area contributed by atoms with Crippen molar-refractivity contribution in [2.75, 3.05) is 18.9 Å². The summed E-state index contributed by atoms with van der Waals surface area (Å²) in [4.78, 5) is 0. The van der Waals surface area contributed by atoms with Gasteiger partial charge in [0.05, 0.1) is 0 Å². The van der Waals surface area contributed by atoms with Crippen molar-refractivity contribution in [2.45, 2.75) is 45.7 Å². The number of hydrogen-bond acceptors (Lipinski definition) is 1. The zero-order valence-electron chi connectivity index (χ0n) is 12.3. The molecular weight excluding hydrogens is 237 g/mol. The summed E-state index contributed by atoms with van der Waals surface area (Å²) in [7, 11) is -1.10. The van der Waals surface area contributed by atoms with Crippen LogP contribution in [0.2, 0.25) is 0 Å². The quantitative estimate of drug-likeness (QED) is 0.515. The molecule has 1 fully saturated rings. The number of nitrogens with two attached hydrogens (primary N) is 1. The Bertz CT molecular complexity index is 330. The van der Waals surface area contributed by atoms with Crippen LogP contribution in [0.15, 0.2) is 35.7 Å². The number of allylic oxidation sites excluding steroid dienone is 5. The van der Waals surface area contributed by atoms with Gasteiger partial charge in [0.15, 0.2) is 0 Å². The van der Waals surface area contributed by atoms with Crippen molar-refractivity contribution in [3.8, 4) is 0 Å². The molecule has 1 heterocycles. The minimum atomic E-state index is -1.10. The van der Waals surface area contributed by atoms with E-state index in [1.165, 1.54) is 25.2 Å². The Morgan fingerprint density at radius 3 is 2.72 bits per heavy atom. The van der Waals surface area contributed by atoms with Crippen molar-refractivity contribution in [3.05, 3.63) is 35.7 Å². The second-order valence-electron chi connectivity index (χ2n) is 5.30. The van der Waals surface area contributed by atoms with E-state index in [-0.39, 0.29) is 0 Å².